The Bertz CT molecular complexity index is 625. The summed E-state index contributed by atoms with van der Waals surface area (Å²) in [4.78, 5) is 0.116. The van der Waals surface area contributed by atoms with E-state index in [0.717, 1.165) is 12.8 Å². The van der Waals surface area contributed by atoms with Gasteiger partial charge in [0.05, 0.1) is 5.02 Å². The quantitative estimate of drug-likeness (QED) is 0.841. The molecule has 2 rings (SSSR count). The number of hydrogen-bond donors (Lipinski definition) is 1. The van der Waals surface area contributed by atoms with Crippen LogP contribution in [0.3, 0.4) is 0 Å². The van der Waals surface area contributed by atoms with Crippen LogP contribution in [0.2, 0.25) is 5.02 Å². The summed E-state index contributed by atoms with van der Waals surface area (Å²) in [5, 5.41) is 8.78. The van der Waals surface area contributed by atoms with Crippen LogP contribution in [0.1, 0.15) is 18.4 Å². The summed E-state index contributed by atoms with van der Waals surface area (Å²) in [5.41, 5.74) is 0.583. The fraction of sp³-hybridized carbons (Fsp3) is 0.385. The highest BCUT2D eigenvalue weighted by Crippen LogP contribution is 2.27. The Morgan fingerprint density at radius 2 is 2.00 bits per heavy atom. The molecule has 0 amide bonds. The van der Waals surface area contributed by atoms with Crippen molar-refractivity contribution in [1.82, 2.24) is 4.31 Å². The zero-order chi connectivity index (χ0) is 13.9. The lowest BCUT2D eigenvalue weighted by atomic mass is 10.2. The predicted molar refractivity (Wildman–Crippen MR) is 73.4 cm³/mol. The van der Waals surface area contributed by atoms with Gasteiger partial charge < -0.3 is 5.11 Å². The number of rotatable bonds is 2. The average molecular weight is 300 g/mol. The third-order valence-electron chi connectivity index (χ3n) is 2.93. The molecular formula is C13H14ClNO3S. The van der Waals surface area contributed by atoms with E-state index >= 15 is 0 Å². The zero-order valence-corrected chi connectivity index (χ0v) is 11.8. The van der Waals surface area contributed by atoms with Crippen LogP contribution in [-0.4, -0.2) is 37.5 Å². The van der Waals surface area contributed by atoms with Crippen molar-refractivity contribution in [2.75, 3.05) is 19.7 Å². The Morgan fingerprint density at radius 3 is 2.58 bits per heavy atom. The number of aliphatic hydroxyl groups is 1. The normalized spacial score (nSPS) is 16.1. The van der Waals surface area contributed by atoms with E-state index in [1.165, 1.54) is 16.4 Å². The maximum atomic E-state index is 12.3. The molecule has 0 radical (unpaired) electrons. The molecule has 1 aromatic carbocycles. The Balaban J connectivity index is 2.35. The van der Waals surface area contributed by atoms with Gasteiger partial charge in [0, 0.05) is 18.7 Å². The van der Waals surface area contributed by atoms with Gasteiger partial charge in [-0.25, -0.2) is 8.42 Å². The Labute approximate surface area is 118 Å². The summed E-state index contributed by atoms with van der Waals surface area (Å²) in [6, 6.07) is 4.57. The van der Waals surface area contributed by atoms with E-state index in [9.17, 15) is 8.42 Å². The van der Waals surface area contributed by atoms with Gasteiger partial charge in [-0.2, -0.15) is 4.31 Å². The molecule has 0 unspecified atom stereocenters. The Hall–Kier alpha value is -1.06. The number of aliphatic hydroxyl groups excluding tert-OH is 1. The first-order valence-electron chi connectivity index (χ1n) is 5.95. The molecule has 1 fully saturated rings. The largest absolute Gasteiger partial charge is 0.384 e. The molecule has 1 aliphatic heterocycles. The molecule has 1 heterocycles. The van der Waals surface area contributed by atoms with Gasteiger partial charge in [0.15, 0.2) is 0 Å². The van der Waals surface area contributed by atoms with Crippen molar-refractivity contribution >= 4 is 21.6 Å². The van der Waals surface area contributed by atoms with Crippen molar-refractivity contribution < 1.29 is 13.5 Å². The topological polar surface area (TPSA) is 57.6 Å². The summed E-state index contributed by atoms with van der Waals surface area (Å²) in [5.74, 6) is 5.18. The smallest absolute Gasteiger partial charge is 0.244 e. The van der Waals surface area contributed by atoms with E-state index in [2.05, 4.69) is 11.8 Å². The highest BCUT2D eigenvalue weighted by molar-refractivity contribution is 7.89. The Morgan fingerprint density at radius 1 is 1.32 bits per heavy atom. The van der Waals surface area contributed by atoms with E-state index in [1.807, 2.05) is 0 Å². The highest BCUT2D eigenvalue weighted by atomic mass is 35.5. The predicted octanol–water partition coefficient (Wildman–Crippen LogP) is 1.47. The van der Waals surface area contributed by atoms with Gasteiger partial charge in [-0.15, -0.1) is 0 Å². The maximum absolute atomic E-state index is 12.3. The molecule has 6 heteroatoms. The van der Waals surface area contributed by atoms with E-state index < -0.39 is 10.0 Å². The highest BCUT2D eigenvalue weighted by Gasteiger charge is 2.28. The van der Waals surface area contributed by atoms with Crippen molar-refractivity contribution in [2.24, 2.45) is 0 Å². The number of halogens is 1. The first-order chi connectivity index (χ1) is 9.05. The van der Waals surface area contributed by atoms with Crippen LogP contribution in [0, 0.1) is 11.8 Å². The second kappa shape index (κ2) is 5.93. The van der Waals surface area contributed by atoms with Crippen LogP contribution >= 0.6 is 11.6 Å². The number of nitrogens with zero attached hydrogens (tertiary/aromatic N) is 1. The van der Waals surface area contributed by atoms with Gasteiger partial charge in [0.1, 0.15) is 11.5 Å². The summed E-state index contributed by atoms with van der Waals surface area (Å²) < 4.78 is 26.1. The van der Waals surface area contributed by atoms with Crippen LogP contribution < -0.4 is 0 Å². The van der Waals surface area contributed by atoms with Gasteiger partial charge in [-0.3, -0.25) is 0 Å². The molecular weight excluding hydrogens is 286 g/mol. The lowest BCUT2D eigenvalue weighted by Gasteiger charge is -2.16. The van der Waals surface area contributed by atoms with Crippen LogP contribution in [0.5, 0.6) is 0 Å². The summed E-state index contributed by atoms with van der Waals surface area (Å²) in [6.07, 6.45) is 1.77. The summed E-state index contributed by atoms with van der Waals surface area (Å²) >= 11 is 6.04. The first kappa shape index (κ1) is 14.4. The van der Waals surface area contributed by atoms with Crippen LogP contribution in [-0.2, 0) is 10.0 Å². The van der Waals surface area contributed by atoms with Crippen molar-refractivity contribution in [3.8, 4) is 11.8 Å². The average Bonchev–Trinajstić information content (AvgIpc) is 2.90. The molecule has 19 heavy (non-hydrogen) atoms. The number of benzene rings is 1. The first-order valence-corrected chi connectivity index (χ1v) is 7.77. The fourth-order valence-electron chi connectivity index (χ4n) is 2.00. The van der Waals surface area contributed by atoms with E-state index in [-0.39, 0.29) is 16.5 Å². The summed E-state index contributed by atoms with van der Waals surface area (Å²) in [6.45, 7) is 0.848. The van der Waals surface area contributed by atoms with Gasteiger partial charge >= 0.3 is 0 Å². The van der Waals surface area contributed by atoms with Crippen LogP contribution in [0.25, 0.3) is 0 Å². The van der Waals surface area contributed by atoms with Crippen LogP contribution in [0.4, 0.5) is 0 Å². The number of hydrogen-bond acceptors (Lipinski definition) is 3. The molecule has 0 aliphatic carbocycles. The van der Waals surface area contributed by atoms with E-state index in [0.29, 0.717) is 18.7 Å². The van der Waals surface area contributed by atoms with Crippen molar-refractivity contribution in [3.63, 3.8) is 0 Å². The zero-order valence-electron chi connectivity index (χ0n) is 10.3. The molecule has 102 valence electrons. The van der Waals surface area contributed by atoms with Crippen molar-refractivity contribution in [1.29, 1.82) is 0 Å². The molecule has 0 saturated carbocycles. The van der Waals surface area contributed by atoms with E-state index in [4.69, 9.17) is 16.7 Å². The lowest BCUT2D eigenvalue weighted by Crippen LogP contribution is -2.28. The standard InChI is InChI=1S/C13H14ClNO3S/c14-12-10-11(4-3-9-16)5-6-13(12)19(17,18)15-7-1-2-8-15/h5-6,10,16H,1-2,7-9H2. The number of sulfonamides is 1. The van der Waals surface area contributed by atoms with Gasteiger partial charge in [0.25, 0.3) is 0 Å². The molecule has 4 nitrogen and oxygen atoms in total. The maximum Gasteiger partial charge on any atom is 0.244 e. The van der Waals surface area contributed by atoms with Gasteiger partial charge in [-0.05, 0) is 31.0 Å². The van der Waals surface area contributed by atoms with E-state index in [1.54, 1.807) is 6.07 Å². The molecule has 0 spiro atoms. The third kappa shape index (κ3) is 3.10. The molecule has 0 bridgehead atoms. The Kier molecular flexibility index (Phi) is 4.48. The summed E-state index contributed by atoms with van der Waals surface area (Å²) in [7, 11) is -3.50. The SMILES string of the molecule is O=S(=O)(c1ccc(C#CCO)cc1Cl)N1CCCC1. The van der Waals surface area contributed by atoms with Crippen LogP contribution in [0.15, 0.2) is 23.1 Å². The molecule has 0 atom stereocenters. The van der Waals surface area contributed by atoms with Crippen molar-refractivity contribution in [3.05, 3.63) is 28.8 Å². The second-order valence-corrected chi connectivity index (χ2v) is 6.53. The molecule has 1 aromatic rings. The molecule has 1 saturated heterocycles. The van der Waals surface area contributed by atoms with Crippen molar-refractivity contribution in [2.45, 2.75) is 17.7 Å². The lowest BCUT2D eigenvalue weighted by molar-refractivity contribution is 0.350. The molecule has 1 aliphatic rings. The third-order valence-corrected chi connectivity index (χ3v) is 5.31. The van der Waals surface area contributed by atoms with Gasteiger partial charge in [-0.1, -0.05) is 23.4 Å². The minimum atomic E-state index is -3.50. The minimum absolute atomic E-state index is 0.116. The molecule has 0 aromatic heterocycles. The monoisotopic (exact) mass is 299 g/mol. The minimum Gasteiger partial charge on any atom is -0.384 e. The van der Waals surface area contributed by atoms with Gasteiger partial charge in [0.2, 0.25) is 10.0 Å². The molecule has 1 N–H and O–H groups in total. The fourth-order valence-corrected chi connectivity index (χ4v) is 4.03. The second-order valence-electron chi connectivity index (χ2n) is 4.22.